The standard InChI is InChI=1S/C23H28FN5O3/c1-15-16(2)21(30)26-25-20(15)14-17-5-6-19(24)18(13-17)22(31)27-9-11-29(12-10-27)23(32)28-7-3-4-8-28/h5-6,13H,3-4,7-12,14H2,1-2H3,(H,26,30). The average Bonchev–Trinajstić information content (AvgIpc) is 3.35. The molecule has 1 aromatic carbocycles. The minimum absolute atomic E-state index is 0.0145. The molecule has 3 heterocycles. The number of aromatic amines is 1. The van der Waals surface area contributed by atoms with Gasteiger partial charge in [0.05, 0.1) is 11.3 Å². The van der Waals surface area contributed by atoms with Crippen LogP contribution in [0, 0.1) is 19.7 Å². The predicted molar refractivity (Wildman–Crippen MR) is 117 cm³/mol. The minimum atomic E-state index is -0.573. The average molecular weight is 442 g/mol. The Balaban J connectivity index is 1.44. The monoisotopic (exact) mass is 441 g/mol. The lowest BCUT2D eigenvalue weighted by Crippen LogP contribution is -2.53. The number of rotatable bonds is 3. The Labute approximate surface area is 186 Å². The summed E-state index contributed by atoms with van der Waals surface area (Å²) in [5, 5.41) is 6.58. The number of likely N-dealkylation sites (tertiary alicyclic amines) is 1. The lowest BCUT2D eigenvalue weighted by Gasteiger charge is -2.36. The second kappa shape index (κ2) is 9.10. The molecular weight excluding hydrogens is 413 g/mol. The minimum Gasteiger partial charge on any atom is -0.335 e. The van der Waals surface area contributed by atoms with Gasteiger partial charge in [-0.3, -0.25) is 9.59 Å². The van der Waals surface area contributed by atoms with E-state index in [9.17, 15) is 18.8 Å². The van der Waals surface area contributed by atoms with Gasteiger partial charge < -0.3 is 14.7 Å². The predicted octanol–water partition coefficient (Wildman–Crippen LogP) is 2.09. The lowest BCUT2D eigenvalue weighted by atomic mass is 10.0. The number of amides is 3. The Kier molecular flexibility index (Phi) is 6.25. The molecule has 0 saturated carbocycles. The first kappa shape index (κ1) is 22.0. The van der Waals surface area contributed by atoms with E-state index < -0.39 is 5.82 Å². The zero-order valence-electron chi connectivity index (χ0n) is 18.5. The molecule has 2 fully saturated rings. The van der Waals surface area contributed by atoms with Gasteiger partial charge in [0.2, 0.25) is 0 Å². The third-order valence-electron chi connectivity index (χ3n) is 6.48. The van der Waals surface area contributed by atoms with Gasteiger partial charge in [0.1, 0.15) is 5.82 Å². The van der Waals surface area contributed by atoms with E-state index in [0.29, 0.717) is 43.9 Å². The number of urea groups is 1. The molecule has 170 valence electrons. The molecule has 1 N–H and O–H groups in total. The van der Waals surface area contributed by atoms with Crippen molar-refractivity contribution in [2.45, 2.75) is 33.1 Å². The number of carbonyl (C=O) groups is 2. The molecule has 3 amide bonds. The molecule has 2 aromatic rings. The summed E-state index contributed by atoms with van der Waals surface area (Å²) in [5.41, 5.74) is 2.57. The molecule has 2 saturated heterocycles. The van der Waals surface area contributed by atoms with Crippen molar-refractivity contribution in [1.29, 1.82) is 0 Å². The van der Waals surface area contributed by atoms with Crippen molar-refractivity contribution < 1.29 is 14.0 Å². The Morgan fingerprint density at radius 1 is 0.969 bits per heavy atom. The highest BCUT2D eigenvalue weighted by atomic mass is 19.1. The van der Waals surface area contributed by atoms with E-state index in [1.54, 1.807) is 28.9 Å². The van der Waals surface area contributed by atoms with Gasteiger partial charge in [-0.05, 0) is 49.9 Å². The van der Waals surface area contributed by atoms with E-state index in [0.717, 1.165) is 37.1 Å². The van der Waals surface area contributed by atoms with Crippen molar-refractivity contribution in [3.63, 3.8) is 0 Å². The lowest BCUT2D eigenvalue weighted by molar-refractivity contribution is 0.0640. The number of carbonyl (C=O) groups excluding carboxylic acids is 2. The van der Waals surface area contributed by atoms with Gasteiger partial charge in [0.15, 0.2) is 0 Å². The van der Waals surface area contributed by atoms with Gasteiger partial charge >= 0.3 is 6.03 Å². The normalized spacial score (nSPS) is 16.5. The SMILES string of the molecule is Cc1c(Cc2ccc(F)c(C(=O)N3CCN(C(=O)N4CCCC4)CC3)c2)n[nH]c(=O)c1C. The van der Waals surface area contributed by atoms with Crippen LogP contribution in [0.2, 0.25) is 0 Å². The number of hydrogen-bond donors (Lipinski definition) is 1. The first-order chi connectivity index (χ1) is 15.3. The van der Waals surface area contributed by atoms with Crippen LogP contribution in [0.3, 0.4) is 0 Å². The van der Waals surface area contributed by atoms with Gasteiger partial charge in [-0.15, -0.1) is 0 Å². The summed E-state index contributed by atoms with van der Waals surface area (Å²) in [6.45, 7) is 6.78. The fraction of sp³-hybridized carbons (Fsp3) is 0.478. The number of nitrogens with zero attached hydrogens (tertiary/aromatic N) is 4. The highest BCUT2D eigenvalue weighted by Crippen LogP contribution is 2.19. The third-order valence-corrected chi connectivity index (χ3v) is 6.48. The first-order valence-corrected chi connectivity index (χ1v) is 11.0. The Morgan fingerprint density at radius 2 is 1.59 bits per heavy atom. The van der Waals surface area contributed by atoms with Crippen molar-refractivity contribution in [3.05, 3.63) is 62.3 Å². The molecule has 4 rings (SSSR count). The van der Waals surface area contributed by atoms with Crippen LogP contribution in [0.15, 0.2) is 23.0 Å². The van der Waals surface area contributed by atoms with E-state index in [4.69, 9.17) is 0 Å². The Morgan fingerprint density at radius 3 is 2.28 bits per heavy atom. The van der Waals surface area contributed by atoms with Crippen LogP contribution < -0.4 is 5.56 Å². The van der Waals surface area contributed by atoms with Gasteiger partial charge in [0.25, 0.3) is 11.5 Å². The fourth-order valence-electron chi connectivity index (χ4n) is 4.26. The molecule has 9 heteroatoms. The number of nitrogens with one attached hydrogen (secondary N) is 1. The number of hydrogen-bond acceptors (Lipinski definition) is 4. The quantitative estimate of drug-likeness (QED) is 0.790. The molecule has 0 atom stereocenters. The van der Waals surface area contributed by atoms with Crippen LogP contribution in [0.25, 0.3) is 0 Å². The molecule has 0 spiro atoms. The van der Waals surface area contributed by atoms with Crippen molar-refractivity contribution in [2.75, 3.05) is 39.3 Å². The maximum absolute atomic E-state index is 14.5. The van der Waals surface area contributed by atoms with Gasteiger partial charge in [0, 0.05) is 51.3 Å². The molecule has 1 aromatic heterocycles. The summed E-state index contributed by atoms with van der Waals surface area (Å²) >= 11 is 0. The van der Waals surface area contributed by atoms with Gasteiger partial charge in [-0.1, -0.05) is 6.07 Å². The van der Waals surface area contributed by atoms with E-state index >= 15 is 0 Å². The molecule has 0 radical (unpaired) electrons. The fourth-order valence-corrected chi connectivity index (χ4v) is 4.26. The van der Waals surface area contributed by atoms with Gasteiger partial charge in [-0.2, -0.15) is 5.10 Å². The number of benzene rings is 1. The smallest absolute Gasteiger partial charge is 0.320 e. The second-order valence-corrected chi connectivity index (χ2v) is 8.50. The van der Waals surface area contributed by atoms with Crippen LogP contribution in [0.1, 0.15) is 45.6 Å². The van der Waals surface area contributed by atoms with E-state index in [2.05, 4.69) is 10.2 Å². The maximum Gasteiger partial charge on any atom is 0.320 e. The Hall–Kier alpha value is -3.23. The highest BCUT2D eigenvalue weighted by molar-refractivity contribution is 5.95. The molecule has 2 aliphatic rings. The summed E-state index contributed by atoms with van der Waals surface area (Å²) in [6.07, 6.45) is 2.45. The van der Waals surface area contributed by atoms with Crippen molar-refractivity contribution >= 4 is 11.9 Å². The maximum atomic E-state index is 14.5. The van der Waals surface area contributed by atoms with Crippen molar-refractivity contribution in [2.24, 2.45) is 0 Å². The van der Waals surface area contributed by atoms with Crippen molar-refractivity contribution in [3.8, 4) is 0 Å². The second-order valence-electron chi connectivity index (χ2n) is 8.50. The summed E-state index contributed by atoms with van der Waals surface area (Å²) in [6, 6.07) is 4.51. The molecule has 0 bridgehead atoms. The van der Waals surface area contributed by atoms with E-state index in [1.165, 1.54) is 6.07 Å². The molecule has 0 unspecified atom stereocenters. The molecule has 32 heavy (non-hydrogen) atoms. The number of halogens is 1. The topological polar surface area (TPSA) is 89.6 Å². The zero-order chi connectivity index (χ0) is 22.8. The molecule has 2 aliphatic heterocycles. The van der Waals surface area contributed by atoms with Crippen LogP contribution >= 0.6 is 0 Å². The summed E-state index contributed by atoms with van der Waals surface area (Å²) < 4.78 is 14.5. The number of piperazine rings is 1. The Bertz CT molecular complexity index is 1090. The summed E-state index contributed by atoms with van der Waals surface area (Å²) in [4.78, 5) is 42.5. The summed E-state index contributed by atoms with van der Waals surface area (Å²) in [7, 11) is 0. The molecular formula is C23H28FN5O3. The van der Waals surface area contributed by atoms with Crippen LogP contribution in [-0.4, -0.2) is 76.1 Å². The largest absolute Gasteiger partial charge is 0.335 e. The number of aromatic nitrogens is 2. The van der Waals surface area contributed by atoms with E-state index in [1.807, 2.05) is 11.8 Å². The zero-order valence-corrected chi connectivity index (χ0v) is 18.5. The molecule has 8 nitrogen and oxygen atoms in total. The van der Waals surface area contributed by atoms with Crippen LogP contribution in [0.4, 0.5) is 9.18 Å². The summed E-state index contributed by atoms with van der Waals surface area (Å²) in [5.74, 6) is -0.948. The number of H-pyrrole nitrogens is 1. The van der Waals surface area contributed by atoms with Crippen LogP contribution in [0.5, 0.6) is 0 Å². The van der Waals surface area contributed by atoms with Crippen LogP contribution in [-0.2, 0) is 6.42 Å². The molecule has 0 aliphatic carbocycles. The highest BCUT2D eigenvalue weighted by Gasteiger charge is 2.29. The van der Waals surface area contributed by atoms with E-state index in [-0.39, 0.29) is 23.1 Å². The van der Waals surface area contributed by atoms with Gasteiger partial charge in [-0.25, -0.2) is 14.3 Å². The van der Waals surface area contributed by atoms with Crippen molar-refractivity contribution in [1.82, 2.24) is 24.9 Å². The third kappa shape index (κ3) is 4.37. The first-order valence-electron chi connectivity index (χ1n) is 11.0.